The van der Waals surface area contributed by atoms with Gasteiger partial charge < -0.3 is 60.1 Å². The number of thioether (sulfide) groups is 1. The Morgan fingerprint density at radius 3 is 2.25 bits per heavy atom. The van der Waals surface area contributed by atoms with Gasteiger partial charge in [-0.1, -0.05) is 24.6 Å². The van der Waals surface area contributed by atoms with Crippen LogP contribution in [0, 0.1) is 5.92 Å². The van der Waals surface area contributed by atoms with E-state index in [1.807, 2.05) is 41.4 Å². The highest BCUT2D eigenvalue weighted by molar-refractivity contribution is 8.00. The lowest BCUT2D eigenvalue weighted by atomic mass is 9.96. The first-order chi connectivity index (χ1) is 31.6. The lowest BCUT2D eigenvalue weighted by Gasteiger charge is -2.32. The molecule has 21 heteroatoms. The molecule has 4 rings (SSSR count). The molecule has 0 aliphatic carbocycles. The first-order valence-corrected chi connectivity index (χ1v) is 24.5. The minimum Gasteiger partial charge on any atom is -0.379 e. The summed E-state index contributed by atoms with van der Waals surface area (Å²) in [5, 5.41) is 23.7. The molecule has 368 valence electrons. The molecule has 3 aliphatic rings. The summed E-state index contributed by atoms with van der Waals surface area (Å²) < 4.78 is 30.4. The molecule has 65 heavy (non-hydrogen) atoms. The smallest absolute Gasteiger partial charge is 0.315 e. The van der Waals surface area contributed by atoms with Crippen LogP contribution in [-0.2, 0) is 55.8 Å². The number of rotatable bonds is 33. The molecule has 2 fully saturated rings. The van der Waals surface area contributed by atoms with E-state index in [9.17, 15) is 24.0 Å². The van der Waals surface area contributed by atoms with Crippen LogP contribution in [0.3, 0.4) is 0 Å². The topological polar surface area (TPSA) is 229 Å². The predicted molar refractivity (Wildman–Crippen MR) is 246 cm³/mol. The van der Waals surface area contributed by atoms with Crippen LogP contribution >= 0.6 is 11.8 Å². The van der Waals surface area contributed by atoms with Crippen LogP contribution in [0.2, 0.25) is 0 Å². The standard InChI is InChI=1S/C44H76N10O10S/c1-33-31-53(20-16-35-42(43(33)60-4)50-51-54(35)22-26-63-25-21-52(3)19-8-14-37(55)45-2)40(58)15-7-13-39(57)47-18-10-24-62-28-30-64-29-27-61-23-9-17-46-38(56)12-6-5-11-36-41-34(32-65-36)48-44(59)49-41/h8,14,33-34,36,41,43H,5-7,9-13,15-32H2,1-4H3,(H,45,55)(H,46,56)(H,47,57)(H2,48,49,59)/b14-8+/t33-,34-,36-,41-,43+/m0/s1. The highest BCUT2D eigenvalue weighted by Crippen LogP contribution is 2.33. The van der Waals surface area contributed by atoms with Gasteiger partial charge in [-0.15, -0.1) is 5.10 Å². The van der Waals surface area contributed by atoms with Gasteiger partial charge in [0.15, 0.2) is 0 Å². The number of amides is 6. The second kappa shape index (κ2) is 31.2. The van der Waals surface area contributed by atoms with Crippen molar-refractivity contribution in [2.45, 2.75) is 101 Å². The van der Waals surface area contributed by atoms with Crippen molar-refractivity contribution >= 4 is 41.4 Å². The van der Waals surface area contributed by atoms with Gasteiger partial charge in [0.1, 0.15) is 11.8 Å². The summed E-state index contributed by atoms with van der Waals surface area (Å²) in [7, 11) is 5.22. The van der Waals surface area contributed by atoms with E-state index in [0.717, 1.165) is 42.8 Å². The summed E-state index contributed by atoms with van der Waals surface area (Å²) in [6, 6.07) is 0.385. The number of nitrogens with zero attached hydrogens (tertiary/aromatic N) is 5. The summed E-state index contributed by atoms with van der Waals surface area (Å²) in [5.41, 5.74) is 1.74. The molecule has 0 saturated carbocycles. The van der Waals surface area contributed by atoms with Gasteiger partial charge in [0.2, 0.25) is 23.6 Å². The van der Waals surface area contributed by atoms with E-state index in [1.54, 1.807) is 14.2 Å². The molecule has 1 aromatic rings. The Labute approximate surface area is 389 Å². The number of urea groups is 1. The Morgan fingerprint density at radius 1 is 0.877 bits per heavy atom. The van der Waals surface area contributed by atoms with Crippen LogP contribution in [0.5, 0.6) is 0 Å². The normalized spacial score (nSPS) is 20.5. The van der Waals surface area contributed by atoms with Crippen LogP contribution in [-0.4, -0.2) is 191 Å². The SMILES string of the molecule is CNC(=O)/C=C/CN(C)CCOCCn1nnc2c1CCN(C(=O)CCCC(=O)NCCCOCCOCCOCCCNC(=O)CCCC[C@@H]1SC[C@@H]3NC(=O)N[C@@H]31)C[C@H](C)[C@H]2OC. The Balaban J connectivity index is 0.941. The fraction of sp³-hybridized carbons (Fsp3) is 0.795. The van der Waals surface area contributed by atoms with Crippen molar-refractivity contribution in [3.8, 4) is 0 Å². The van der Waals surface area contributed by atoms with Crippen molar-refractivity contribution in [2.75, 3.05) is 119 Å². The van der Waals surface area contributed by atoms with Gasteiger partial charge in [0.05, 0.1) is 64.0 Å². The average molecular weight is 937 g/mol. The van der Waals surface area contributed by atoms with Gasteiger partial charge >= 0.3 is 6.03 Å². The third-order valence-corrected chi connectivity index (χ3v) is 13.1. The quantitative estimate of drug-likeness (QED) is 0.0379. The van der Waals surface area contributed by atoms with Crippen molar-refractivity contribution < 1.29 is 47.7 Å². The number of hydrogen-bond donors (Lipinski definition) is 5. The van der Waals surface area contributed by atoms with Crippen molar-refractivity contribution in [3.63, 3.8) is 0 Å². The summed E-state index contributed by atoms with van der Waals surface area (Å²) in [5.74, 6) is 0.807. The molecule has 2 saturated heterocycles. The minimum absolute atomic E-state index is 0.00716. The van der Waals surface area contributed by atoms with E-state index >= 15 is 0 Å². The van der Waals surface area contributed by atoms with Crippen LogP contribution < -0.4 is 26.6 Å². The zero-order chi connectivity index (χ0) is 46.7. The molecule has 0 bridgehead atoms. The van der Waals surface area contributed by atoms with E-state index in [-0.39, 0.29) is 66.6 Å². The predicted octanol–water partition coefficient (Wildman–Crippen LogP) is 1.20. The number of unbranched alkanes of at least 4 members (excludes halogenated alkanes) is 1. The van der Waals surface area contributed by atoms with Gasteiger partial charge in [-0.05, 0) is 39.2 Å². The third kappa shape index (κ3) is 20.3. The number of likely N-dealkylation sites (N-methyl/N-ethyl adjacent to an activating group) is 2. The van der Waals surface area contributed by atoms with Gasteiger partial charge in [-0.2, -0.15) is 11.8 Å². The van der Waals surface area contributed by atoms with E-state index in [0.29, 0.717) is 130 Å². The lowest BCUT2D eigenvalue weighted by Crippen LogP contribution is -2.40. The molecule has 0 radical (unpaired) electrons. The van der Waals surface area contributed by atoms with E-state index in [2.05, 4.69) is 41.8 Å². The summed E-state index contributed by atoms with van der Waals surface area (Å²) in [6.07, 6.45) is 9.36. The molecule has 3 aliphatic heterocycles. The summed E-state index contributed by atoms with van der Waals surface area (Å²) in [4.78, 5) is 64.8. The minimum atomic E-state index is -0.307. The molecule has 0 unspecified atom stereocenters. The van der Waals surface area contributed by atoms with Gasteiger partial charge in [0, 0.05) is 115 Å². The number of aromatic nitrogens is 3. The van der Waals surface area contributed by atoms with E-state index in [4.69, 9.17) is 23.7 Å². The molecule has 5 N–H and O–H groups in total. The van der Waals surface area contributed by atoms with Crippen LogP contribution in [0.4, 0.5) is 4.79 Å². The van der Waals surface area contributed by atoms with Crippen molar-refractivity contribution in [3.05, 3.63) is 23.5 Å². The molecule has 6 amide bonds. The summed E-state index contributed by atoms with van der Waals surface area (Å²) in [6.45, 7) is 9.90. The Kier molecular flexibility index (Phi) is 25.8. The maximum absolute atomic E-state index is 13.4. The number of hydrogen-bond acceptors (Lipinski definition) is 14. The number of carbonyl (C=O) groups excluding carboxylic acids is 5. The Hall–Kier alpha value is -3.86. The maximum Gasteiger partial charge on any atom is 0.315 e. The zero-order valence-corrected chi connectivity index (χ0v) is 40.0. The molecule has 5 atom stereocenters. The second-order valence-electron chi connectivity index (χ2n) is 16.7. The van der Waals surface area contributed by atoms with Crippen LogP contribution in [0.1, 0.15) is 82.2 Å². The number of ether oxygens (including phenoxy) is 5. The molecule has 1 aromatic heterocycles. The second-order valence-corrected chi connectivity index (χ2v) is 18.0. The number of fused-ring (bicyclic) bond motifs is 2. The van der Waals surface area contributed by atoms with E-state index in [1.165, 1.54) is 6.08 Å². The molecule has 4 heterocycles. The van der Waals surface area contributed by atoms with Crippen LogP contribution in [0.25, 0.3) is 0 Å². The highest BCUT2D eigenvalue weighted by Gasteiger charge is 2.42. The van der Waals surface area contributed by atoms with Gasteiger partial charge in [0.25, 0.3) is 0 Å². The molecule has 0 aromatic carbocycles. The largest absolute Gasteiger partial charge is 0.379 e. The first kappa shape index (κ1) is 53.8. The summed E-state index contributed by atoms with van der Waals surface area (Å²) >= 11 is 1.90. The fourth-order valence-electron chi connectivity index (χ4n) is 7.96. The average Bonchev–Trinajstić information content (AvgIpc) is 3.98. The Morgan fingerprint density at radius 2 is 1.55 bits per heavy atom. The fourth-order valence-corrected chi connectivity index (χ4v) is 9.51. The zero-order valence-electron chi connectivity index (χ0n) is 39.2. The van der Waals surface area contributed by atoms with Crippen molar-refractivity contribution in [1.82, 2.24) is 51.4 Å². The molecule has 0 spiro atoms. The third-order valence-electron chi connectivity index (χ3n) is 11.6. The van der Waals surface area contributed by atoms with Gasteiger partial charge in [-0.3, -0.25) is 19.2 Å². The monoisotopic (exact) mass is 937 g/mol. The molecule has 20 nitrogen and oxygen atoms in total. The molecular weight excluding hydrogens is 861 g/mol. The molecular formula is C44H76N10O10S. The highest BCUT2D eigenvalue weighted by atomic mass is 32.2. The Bertz CT molecular complexity index is 1620. The maximum atomic E-state index is 13.4. The van der Waals surface area contributed by atoms with Gasteiger partial charge in [-0.25, -0.2) is 9.48 Å². The van der Waals surface area contributed by atoms with E-state index < -0.39 is 0 Å². The van der Waals surface area contributed by atoms with Crippen molar-refractivity contribution in [2.24, 2.45) is 5.92 Å². The number of methoxy groups -OCH3 is 1. The van der Waals surface area contributed by atoms with Crippen molar-refractivity contribution in [1.29, 1.82) is 0 Å². The first-order valence-electron chi connectivity index (χ1n) is 23.4. The van der Waals surface area contributed by atoms with Crippen LogP contribution in [0.15, 0.2) is 12.2 Å². The number of nitrogens with one attached hydrogen (secondary N) is 5. The number of carbonyl (C=O) groups is 5. The lowest BCUT2D eigenvalue weighted by molar-refractivity contribution is -0.133.